The quantitative estimate of drug-likeness (QED) is 0.625. The van der Waals surface area contributed by atoms with Gasteiger partial charge in [-0.1, -0.05) is 12.1 Å². The molecule has 24 heavy (non-hydrogen) atoms. The van der Waals surface area contributed by atoms with Crippen molar-refractivity contribution in [2.75, 3.05) is 19.6 Å². The van der Waals surface area contributed by atoms with Gasteiger partial charge >= 0.3 is 0 Å². The minimum Gasteiger partial charge on any atom is -0.370 e. The molecule has 0 saturated carbocycles. The van der Waals surface area contributed by atoms with E-state index in [2.05, 4.69) is 10.6 Å². The number of nitrogens with zero attached hydrogens (tertiary/aromatic N) is 1. The van der Waals surface area contributed by atoms with Crippen LogP contribution in [0.2, 0.25) is 0 Å². The van der Waals surface area contributed by atoms with E-state index in [1.807, 2.05) is 4.90 Å². The second kappa shape index (κ2) is 8.39. The van der Waals surface area contributed by atoms with Crippen molar-refractivity contribution in [1.29, 1.82) is 0 Å². The highest BCUT2D eigenvalue weighted by Gasteiger charge is 2.31. The molecule has 2 rings (SSSR count). The van der Waals surface area contributed by atoms with Gasteiger partial charge in [0.15, 0.2) is 0 Å². The Bertz CT molecular complexity index is 623. The molecule has 1 saturated heterocycles. The van der Waals surface area contributed by atoms with Gasteiger partial charge in [0.25, 0.3) is 0 Å². The summed E-state index contributed by atoms with van der Waals surface area (Å²) in [5.41, 5.74) is 5.75. The molecular formula is C16H21FN4O3. The number of carbonyl (C=O) groups is 3. The second-order valence-electron chi connectivity index (χ2n) is 5.68. The standard InChI is InChI=1S/C16H21FN4O3/c17-12-3-1-2-11(8-12)10-21-7-6-20-16(24)13(21)9-15(23)19-5-4-14(18)22/h1-3,8,13H,4-7,9-10H2,(H2,18,22)(H,19,23)(H,20,24). The summed E-state index contributed by atoms with van der Waals surface area (Å²) in [6.07, 6.45) is 0.0233. The number of carbonyl (C=O) groups excluding carboxylic acids is 3. The highest BCUT2D eigenvalue weighted by molar-refractivity contribution is 5.89. The van der Waals surface area contributed by atoms with Crippen molar-refractivity contribution in [3.8, 4) is 0 Å². The van der Waals surface area contributed by atoms with E-state index in [1.54, 1.807) is 12.1 Å². The molecule has 4 N–H and O–H groups in total. The molecule has 0 spiro atoms. The Balaban J connectivity index is 1.96. The summed E-state index contributed by atoms with van der Waals surface area (Å²) < 4.78 is 13.3. The summed E-state index contributed by atoms with van der Waals surface area (Å²) >= 11 is 0. The molecular weight excluding hydrogens is 315 g/mol. The summed E-state index contributed by atoms with van der Waals surface area (Å²) in [5, 5.41) is 5.30. The lowest BCUT2D eigenvalue weighted by atomic mass is 10.1. The van der Waals surface area contributed by atoms with E-state index in [0.29, 0.717) is 19.6 Å². The fourth-order valence-electron chi connectivity index (χ4n) is 2.62. The Kier molecular flexibility index (Phi) is 6.25. The van der Waals surface area contributed by atoms with E-state index in [0.717, 1.165) is 5.56 Å². The monoisotopic (exact) mass is 336 g/mol. The average Bonchev–Trinajstić information content (AvgIpc) is 2.50. The van der Waals surface area contributed by atoms with E-state index < -0.39 is 11.9 Å². The molecule has 0 radical (unpaired) electrons. The summed E-state index contributed by atoms with van der Waals surface area (Å²) in [5.74, 6) is -1.40. The molecule has 1 unspecified atom stereocenters. The first-order chi connectivity index (χ1) is 11.5. The Hall–Kier alpha value is -2.48. The minimum atomic E-state index is -0.629. The molecule has 0 aromatic heterocycles. The lowest BCUT2D eigenvalue weighted by Gasteiger charge is -2.34. The Morgan fingerprint density at radius 2 is 2.21 bits per heavy atom. The van der Waals surface area contributed by atoms with Gasteiger partial charge in [0, 0.05) is 32.6 Å². The van der Waals surface area contributed by atoms with Gasteiger partial charge < -0.3 is 16.4 Å². The molecule has 130 valence electrons. The van der Waals surface area contributed by atoms with Crippen LogP contribution in [0.25, 0.3) is 0 Å². The number of amides is 3. The van der Waals surface area contributed by atoms with Crippen molar-refractivity contribution in [3.05, 3.63) is 35.6 Å². The third-order valence-electron chi connectivity index (χ3n) is 3.79. The van der Waals surface area contributed by atoms with Crippen LogP contribution < -0.4 is 16.4 Å². The third kappa shape index (κ3) is 5.31. The van der Waals surface area contributed by atoms with Gasteiger partial charge in [-0.2, -0.15) is 0 Å². The first-order valence-electron chi connectivity index (χ1n) is 7.77. The van der Waals surface area contributed by atoms with Crippen LogP contribution in [0.3, 0.4) is 0 Å². The van der Waals surface area contributed by atoms with Gasteiger partial charge in [0.05, 0.1) is 12.5 Å². The van der Waals surface area contributed by atoms with Crippen molar-refractivity contribution < 1.29 is 18.8 Å². The van der Waals surface area contributed by atoms with Gasteiger partial charge in [0.2, 0.25) is 17.7 Å². The normalized spacial score (nSPS) is 18.0. The molecule has 1 atom stereocenters. The number of piperazine rings is 1. The molecule has 7 nitrogen and oxygen atoms in total. The third-order valence-corrected chi connectivity index (χ3v) is 3.79. The summed E-state index contributed by atoms with van der Waals surface area (Å²) in [6.45, 7) is 1.58. The molecule has 1 aromatic rings. The fourth-order valence-corrected chi connectivity index (χ4v) is 2.62. The van der Waals surface area contributed by atoms with Crippen LogP contribution in [-0.2, 0) is 20.9 Å². The van der Waals surface area contributed by atoms with Crippen LogP contribution >= 0.6 is 0 Å². The molecule has 8 heteroatoms. The highest BCUT2D eigenvalue weighted by Crippen LogP contribution is 2.14. The summed E-state index contributed by atoms with van der Waals surface area (Å²) in [7, 11) is 0. The molecule has 0 bridgehead atoms. The number of benzene rings is 1. The number of primary amides is 1. The molecule has 0 aliphatic carbocycles. The zero-order valence-electron chi connectivity index (χ0n) is 13.3. The molecule has 1 aliphatic rings. The maximum Gasteiger partial charge on any atom is 0.237 e. The van der Waals surface area contributed by atoms with Gasteiger partial charge in [-0.3, -0.25) is 19.3 Å². The lowest BCUT2D eigenvalue weighted by molar-refractivity contribution is -0.134. The van der Waals surface area contributed by atoms with Crippen molar-refractivity contribution in [1.82, 2.24) is 15.5 Å². The van der Waals surface area contributed by atoms with Gasteiger partial charge in [0.1, 0.15) is 5.82 Å². The summed E-state index contributed by atoms with van der Waals surface area (Å²) in [4.78, 5) is 36.6. The first kappa shape index (κ1) is 17.9. The van der Waals surface area contributed by atoms with Gasteiger partial charge in [-0.05, 0) is 17.7 Å². The van der Waals surface area contributed by atoms with Crippen LogP contribution in [0.15, 0.2) is 24.3 Å². The zero-order chi connectivity index (χ0) is 17.5. The van der Waals surface area contributed by atoms with E-state index in [4.69, 9.17) is 5.73 Å². The van der Waals surface area contributed by atoms with E-state index in [-0.39, 0.29) is 37.0 Å². The predicted octanol–water partition coefficient (Wildman–Crippen LogP) is -0.492. The smallest absolute Gasteiger partial charge is 0.237 e. The topological polar surface area (TPSA) is 105 Å². The van der Waals surface area contributed by atoms with Crippen molar-refractivity contribution in [2.24, 2.45) is 5.73 Å². The first-order valence-corrected chi connectivity index (χ1v) is 7.77. The maximum absolute atomic E-state index is 13.3. The molecule has 1 heterocycles. The van der Waals surface area contributed by atoms with E-state index >= 15 is 0 Å². The predicted molar refractivity (Wildman–Crippen MR) is 85.0 cm³/mol. The van der Waals surface area contributed by atoms with Crippen LogP contribution in [0.1, 0.15) is 18.4 Å². The lowest BCUT2D eigenvalue weighted by Crippen LogP contribution is -2.56. The van der Waals surface area contributed by atoms with Crippen LogP contribution in [0, 0.1) is 5.82 Å². The van der Waals surface area contributed by atoms with Gasteiger partial charge in [-0.25, -0.2) is 4.39 Å². The summed E-state index contributed by atoms with van der Waals surface area (Å²) in [6, 6.07) is 5.53. The Labute approximate surface area is 139 Å². The molecule has 1 fully saturated rings. The fraction of sp³-hybridized carbons (Fsp3) is 0.438. The zero-order valence-corrected chi connectivity index (χ0v) is 13.3. The minimum absolute atomic E-state index is 0.0279. The van der Waals surface area contributed by atoms with Crippen molar-refractivity contribution in [3.63, 3.8) is 0 Å². The van der Waals surface area contributed by atoms with Crippen LogP contribution in [-0.4, -0.2) is 48.3 Å². The van der Waals surface area contributed by atoms with E-state index in [9.17, 15) is 18.8 Å². The van der Waals surface area contributed by atoms with Crippen LogP contribution in [0.5, 0.6) is 0 Å². The number of hydrogen-bond donors (Lipinski definition) is 3. The van der Waals surface area contributed by atoms with Gasteiger partial charge in [-0.15, -0.1) is 0 Å². The van der Waals surface area contributed by atoms with Crippen molar-refractivity contribution >= 4 is 17.7 Å². The van der Waals surface area contributed by atoms with E-state index in [1.165, 1.54) is 12.1 Å². The SMILES string of the molecule is NC(=O)CCNC(=O)CC1C(=O)NCCN1Cc1cccc(F)c1. The molecule has 3 amide bonds. The largest absolute Gasteiger partial charge is 0.370 e. The molecule has 1 aliphatic heterocycles. The Morgan fingerprint density at radius 3 is 2.92 bits per heavy atom. The Morgan fingerprint density at radius 1 is 1.42 bits per heavy atom. The number of nitrogens with one attached hydrogen (secondary N) is 2. The average molecular weight is 336 g/mol. The number of hydrogen-bond acceptors (Lipinski definition) is 4. The highest BCUT2D eigenvalue weighted by atomic mass is 19.1. The maximum atomic E-state index is 13.3. The molecule has 1 aromatic carbocycles. The number of rotatable bonds is 7. The van der Waals surface area contributed by atoms with Crippen LogP contribution in [0.4, 0.5) is 4.39 Å². The second-order valence-corrected chi connectivity index (χ2v) is 5.68. The van der Waals surface area contributed by atoms with Crippen molar-refractivity contribution in [2.45, 2.75) is 25.4 Å². The number of nitrogens with two attached hydrogens (primary N) is 1. The number of halogens is 1.